The van der Waals surface area contributed by atoms with Crippen molar-refractivity contribution >= 4 is 11.9 Å². The van der Waals surface area contributed by atoms with Gasteiger partial charge in [0.25, 0.3) is 5.91 Å². The second kappa shape index (κ2) is 6.23. The van der Waals surface area contributed by atoms with E-state index < -0.39 is 5.97 Å². The highest BCUT2D eigenvalue weighted by Gasteiger charge is 2.25. The van der Waals surface area contributed by atoms with Gasteiger partial charge in [-0.3, -0.25) is 9.59 Å². The molecule has 0 radical (unpaired) electrons. The molecule has 0 saturated carbocycles. The molecule has 5 nitrogen and oxygen atoms in total. The van der Waals surface area contributed by atoms with Crippen LogP contribution in [0.15, 0.2) is 16.7 Å². The van der Waals surface area contributed by atoms with Gasteiger partial charge in [0.2, 0.25) is 0 Å². The zero-order chi connectivity index (χ0) is 13.7. The SMILES string of the molecule is CCc1occc1C(=O)N(CC(=O)O)C(C)CC. The van der Waals surface area contributed by atoms with Gasteiger partial charge in [-0.25, -0.2) is 0 Å². The van der Waals surface area contributed by atoms with Gasteiger partial charge in [0, 0.05) is 12.5 Å². The van der Waals surface area contributed by atoms with Crippen molar-refractivity contribution in [2.45, 2.75) is 39.7 Å². The maximum Gasteiger partial charge on any atom is 0.323 e. The van der Waals surface area contributed by atoms with Gasteiger partial charge in [0.05, 0.1) is 11.8 Å². The predicted octanol–water partition coefficient (Wildman–Crippen LogP) is 2.17. The summed E-state index contributed by atoms with van der Waals surface area (Å²) in [6, 6.07) is 1.48. The number of amides is 1. The van der Waals surface area contributed by atoms with Gasteiger partial charge in [-0.05, 0) is 19.4 Å². The smallest absolute Gasteiger partial charge is 0.323 e. The van der Waals surface area contributed by atoms with E-state index in [1.165, 1.54) is 11.2 Å². The molecular weight excluding hydrogens is 234 g/mol. The largest absolute Gasteiger partial charge is 0.480 e. The zero-order valence-electron chi connectivity index (χ0n) is 11.0. The van der Waals surface area contributed by atoms with Crippen molar-refractivity contribution in [2.24, 2.45) is 0 Å². The van der Waals surface area contributed by atoms with Gasteiger partial charge in [-0.15, -0.1) is 0 Å². The summed E-state index contributed by atoms with van der Waals surface area (Å²) in [5.74, 6) is -0.693. The van der Waals surface area contributed by atoms with Crippen LogP contribution in [-0.2, 0) is 11.2 Å². The van der Waals surface area contributed by atoms with E-state index in [1.54, 1.807) is 6.07 Å². The Balaban J connectivity index is 2.98. The molecule has 1 aromatic heterocycles. The third-order valence-corrected chi connectivity index (χ3v) is 2.99. The van der Waals surface area contributed by atoms with Crippen molar-refractivity contribution in [1.29, 1.82) is 0 Å². The summed E-state index contributed by atoms with van der Waals surface area (Å²) in [6.07, 6.45) is 2.77. The molecule has 1 N–H and O–H groups in total. The minimum atomic E-state index is -1.01. The van der Waals surface area contributed by atoms with Crippen LogP contribution in [0.2, 0.25) is 0 Å². The van der Waals surface area contributed by atoms with Gasteiger partial charge in [-0.1, -0.05) is 13.8 Å². The fraction of sp³-hybridized carbons (Fsp3) is 0.538. The fourth-order valence-corrected chi connectivity index (χ4v) is 1.75. The van der Waals surface area contributed by atoms with Crippen molar-refractivity contribution in [3.8, 4) is 0 Å². The van der Waals surface area contributed by atoms with E-state index in [1.807, 2.05) is 20.8 Å². The number of carbonyl (C=O) groups excluding carboxylic acids is 1. The summed E-state index contributed by atoms with van der Waals surface area (Å²) in [6.45, 7) is 5.36. The van der Waals surface area contributed by atoms with E-state index in [2.05, 4.69) is 0 Å². The average molecular weight is 253 g/mol. The standard InChI is InChI=1S/C13H19NO4/c1-4-9(3)14(8-12(15)16)13(17)10-6-7-18-11(10)5-2/h6-7,9H,4-5,8H2,1-3H3,(H,15,16). The first-order valence-electron chi connectivity index (χ1n) is 6.10. The first-order chi connectivity index (χ1) is 8.51. The highest BCUT2D eigenvalue weighted by Crippen LogP contribution is 2.16. The van der Waals surface area contributed by atoms with Crippen LogP contribution < -0.4 is 0 Å². The molecule has 0 spiro atoms. The maximum atomic E-state index is 12.3. The molecule has 1 heterocycles. The average Bonchev–Trinajstić information content (AvgIpc) is 2.82. The summed E-state index contributed by atoms with van der Waals surface area (Å²) < 4.78 is 5.21. The lowest BCUT2D eigenvalue weighted by Crippen LogP contribution is -2.42. The van der Waals surface area contributed by atoms with Crippen LogP contribution in [0.3, 0.4) is 0 Å². The maximum absolute atomic E-state index is 12.3. The van der Waals surface area contributed by atoms with Crippen LogP contribution in [0.25, 0.3) is 0 Å². The van der Waals surface area contributed by atoms with Crippen LogP contribution in [0.5, 0.6) is 0 Å². The number of carboxylic acids is 1. The molecule has 5 heteroatoms. The molecule has 0 aliphatic carbocycles. The molecule has 1 aromatic rings. The summed E-state index contributed by atoms with van der Waals surface area (Å²) >= 11 is 0. The number of aliphatic carboxylic acids is 1. The molecule has 0 bridgehead atoms. The highest BCUT2D eigenvalue weighted by molar-refractivity contribution is 5.96. The van der Waals surface area contributed by atoms with Gasteiger partial charge in [-0.2, -0.15) is 0 Å². The lowest BCUT2D eigenvalue weighted by molar-refractivity contribution is -0.138. The summed E-state index contributed by atoms with van der Waals surface area (Å²) in [4.78, 5) is 24.5. The van der Waals surface area contributed by atoms with E-state index in [4.69, 9.17) is 9.52 Å². The summed E-state index contributed by atoms with van der Waals surface area (Å²) in [7, 11) is 0. The Bertz CT molecular complexity index is 424. The number of carboxylic acid groups (broad SMARTS) is 1. The van der Waals surface area contributed by atoms with Crippen LogP contribution in [-0.4, -0.2) is 34.5 Å². The first kappa shape index (κ1) is 14.3. The van der Waals surface area contributed by atoms with Gasteiger partial charge >= 0.3 is 5.97 Å². The molecule has 100 valence electrons. The molecule has 1 rings (SSSR count). The second-order valence-electron chi connectivity index (χ2n) is 4.20. The number of furan rings is 1. The van der Waals surface area contributed by atoms with E-state index >= 15 is 0 Å². The van der Waals surface area contributed by atoms with Crippen LogP contribution in [0, 0.1) is 0 Å². The number of aryl methyl sites for hydroxylation is 1. The Morgan fingerprint density at radius 2 is 2.11 bits per heavy atom. The number of rotatable bonds is 6. The van der Waals surface area contributed by atoms with E-state index in [0.717, 1.165) is 0 Å². The monoisotopic (exact) mass is 253 g/mol. The molecule has 0 aliphatic rings. The molecule has 18 heavy (non-hydrogen) atoms. The quantitative estimate of drug-likeness (QED) is 0.843. The molecule has 0 aliphatic heterocycles. The number of hydrogen-bond donors (Lipinski definition) is 1. The Hall–Kier alpha value is -1.78. The van der Waals surface area contributed by atoms with Crippen molar-refractivity contribution in [1.82, 2.24) is 4.90 Å². The van der Waals surface area contributed by atoms with E-state index in [-0.39, 0.29) is 18.5 Å². The third kappa shape index (κ3) is 3.12. The Labute approximate surface area is 106 Å². The van der Waals surface area contributed by atoms with E-state index in [9.17, 15) is 9.59 Å². The lowest BCUT2D eigenvalue weighted by atomic mass is 10.1. The minimum Gasteiger partial charge on any atom is -0.480 e. The summed E-state index contributed by atoms with van der Waals surface area (Å²) in [5, 5.41) is 8.88. The lowest BCUT2D eigenvalue weighted by Gasteiger charge is -2.26. The Morgan fingerprint density at radius 3 is 2.61 bits per heavy atom. The number of carbonyl (C=O) groups is 2. The molecular formula is C13H19NO4. The minimum absolute atomic E-state index is 0.117. The number of nitrogens with zero attached hydrogens (tertiary/aromatic N) is 1. The number of hydrogen-bond acceptors (Lipinski definition) is 3. The predicted molar refractivity (Wildman–Crippen MR) is 66.5 cm³/mol. The first-order valence-corrected chi connectivity index (χ1v) is 6.10. The summed E-state index contributed by atoms with van der Waals surface area (Å²) in [5.41, 5.74) is 0.457. The molecule has 1 unspecified atom stereocenters. The second-order valence-corrected chi connectivity index (χ2v) is 4.20. The van der Waals surface area contributed by atoms with Gasteiger partial charge in [0.15, 0.2) is 0 Å². The molecule has 0 fully saturated rings. The van der Waals surface area contributed by atoms with Crippen LogP contribution in [0.4, 0.5) is 0 Å². The van der Waals surface area contributed by atoms with Gasteiger partial charge < -0.3 is 14.4 Å². The van der Waals surface area contributed by atoms with Crippen molar-refractivity contribution < 1.29 is 19.1 Å². The third-order valence-electron chi connectivity index (χ3n) is 2.99. The van der Waals surface area contributed by atoms with Crippen molar-refractivity contribution in [3.05, 3.63) is 23.7 Å². The highest BCUT2D eigenvalue weighted by atomic mass is 16.4. The molecule has 1 atom stereocenters. The fourth-order valence-electron chi connectivity index (χ4n) is 1.75. The van der Waals surface area contributed by atoms with Gasteiger partial charge in [0.1, 0.15) is 12.3 Å². The molecule has 0 aromatic carbocycles. The topological polar surface area (TPSA) is 70.8 Å². The van der Waals surface area contributed by atoms with Crippen LogP contribution >= 0.6 is 0 Å². The van der Waals surface area contributed by atoms with Crippen LogP contribution in [0.1, 0.15) is 43.3 Å². The molecule has 0 saturated heterocycles. The Morgan fingerprint density at radius 1 is 1.44 bits per heavy atom. The van der Waals surface area contributed by atoms with Crippen molar-refractivity contribution in [3.63, 3.8) is 0 Å². The Kier molecular flexibility index (Phi) is 4.95. The van der Waals surface area contributed by atoms with Crippen molar-refractivity contribution in [2.75, 3.05) is 6.54 Å². The van der Waals surface area contributed by atoms with E-state index in [0.29, 0.717) is 24.2 Å². The normalized spacial score (nSPS) is 12.2. The molecule has 1 amide bonds. The zero-order valence-corrected chi connectivity index (χ0v) is 11.0.